The van der Waals surface area contributed by atoms with Gasteiger partial charge in [-0.2, -0.15) is 0 Å². The molecule has 0 aliphatic carbocycles. The summed E-state index contributed by atoms with van der Waals surface area (Å²) < 4.78 is 12.4. The molecule has 1 aromatic heterocycles. The van der Waals surface area contributed by atoms with Crippen molar-refractivity contribution in [2.45, 2.75) is 25.2 Å². The van der Waals surface area contributed by atoms with Crippen LogP contribution in [-0.2, 0) is 17.9 Å². The first-order chi connectivity index (χ1) is 15.5. The molecule has 1 aliphatic heterocycles. The quantitative estimate of drug-likeness (QED) is 0.349. The third-order valence-electron chi connectivity index (χ3n) is 4.66. The van der Waals surface area contributed by atoms with Gasteiger partial charge in [0.25, 0.3) is 5.91 Å². The van der Waals surface area contributed by atoms with E-state index in [-0.39, 0.29) is 36.7 Å². The van der Waals surface area contributed by atoms with Crippen molar-refractivity contribution >= 4 is 29.3 Å². The Labute approximate surface area is 187 Å². The zero-order valence-corrected chi connectivity index (χ0v) is 18.0. The maximum atomic E-state index is 12.5. The lowest BCUT2D eigenvalue weighted by molar-refractivity contribution is -0.113. The topological polar surface area (TPSA) is 128 Å². The molecule has 0 atom stereocenters. The number of amides is 2. The minimum atomic E-state index is -0.278. The van der Waals surface area contributed by atoms with Gasteiger partial charge in [-0.1, -0.05) is 23.9 Å². The summed E-state index contributed by atoms with van der Waals surface area (Å²) in [5.41, 5.74) is 0.800. The second kappa shape index (κ2) is 9.60. The first-order valence-electron chi connectivity index (χ1n) is 9.85. The highest BCUT2D eigenvalue weighted by Crippen LogP contribution is 2.32. The zero-order valence-electron chi connectivity index (χ0n) is 17.2. The van der Waals surface area contributed by atoms with Gasteiger partial charge in [0.15, 0.2) is 22.5 Å². The number of hydrogen-bond donors (Lipinski definition) is 3. The van der Waals surface area contributed by atoms with Crippen LogP contribution in [0.3, 0.4) is 0 Å². The summed E-state index contributed by atoms with van der Waals surface area (Å²) in [6.45, 7) is 2.83. The Balaban J connectivity index is 1.34. The van der Waals surface area contributed by atoms with Gasteiger partial charge >= 0.3 is 0 Å². The van der Waals surface area contributed by atoms with E-state index >= 15 is 0 Å². The van der Waals surface area contributed by atoms with Crippen LogP contribution >= 0.6 is 11.8 Å². The molecule has 2 amide bonds. The molecule has 2 heterocycles. The maximum Gasteiger partial charge on any atom is 0.251 e. The van der Waals surface area contributed by atoms with Crippen LogP contribution in [0.2, 0.25) is 0 Å². The molecule has 0 fully saturated rings. The SMILES string of the molecule is CCn1c(CNC(=O)c2ccc3c(c2)OCO3)nnc1SCC(=O)Nc1ccccc1O. The van der Waals surface area contributed by atoms with Gasteiger partial charge < -0.3 is 29.8 Å². The third kappa shape index (κ3) is 4.78. The Morgan fingerprint density at radius 3 is 2.78 bits per heavy atom. The standard InChI is InChI=1S/C21H21N5O5S/c1-2-26-18(10-22-20(29)13-7-8-16-17(9-13)31-12-30-16)24-25-21(26)32-11-19(28)23-14-5-3-4-6-15(14)27/h3-9,27H,2,10-12H2,1H3,(H,22,29)(H,23,28). The predicted octanol–water partition coefficient (Wildman–Crippen LogP) is 2.39. The molecule has 3 N–H and O–H groups in total. The first-order valence-corrected chi connectivity index (χ1v) is 10.8. The molecule has 0 unspecified atom stereocenters. The number of benzene rings is 2. The minimum absolute atomic E-state index is 0.00284. The van der Waals surface area contributed by atoms with Crippen LogP contribution in [-0.4, -0.2) is 44.2 Å². The lowest BCUT2D eigenvalue weighted by Crippen LogP contribution is -2.24. The number of nitrogens with zero attached hydrogens (tertiary/aromatic N) is 3. The van der Waals surface area contributed by atoms with E-state index in [1.54, 1.807) is 36.4 Å². The molecule has 4 rings (SSSR count). The van der Waals surface area contributed by atoms with Crippen molar-refractivity contribution in [2.24, 2.45) is 0 Å². The van der Waals surface area contributed by atoms with Gasteiger partial charge in [0, 0.05) is 12.1 Å². The Hall–Kier alpha value is -3.73. The summed E-state index contributed by atoms with van der Waals surface area (Å²) in [5.74, 6) is 1.27. The van der Waals surface area contributed by atoms with Crippen molar-refractivity contribution in [2.75, 3.05) is 17.9 Å². The van der Waals surface area contributed by atoms with Gasteiger partial charge in [-0.3, -0.25) is 9.59 Å². The van der Waals surface area contributed by atoms with Crippen LogP contribution in [0.5, 0.6) is 17.2 Å². The second-order valence-corrected chi connectivity index (χ2v) is 7.69. The fraction of sp³-hybridized carbons (Fsp3) is 0.238. The van der Waals surface area contributed by atoms with Crippen LogP contribution in [0, 0.1) is 0 Å². The van der Waals surface area contributed by atoms with Crippen molar-refractivity contribution in [3.05, 3.63) is 53.9 Å². The number of rotatable bonds is 8. The number of aromatic hydroxyl groups is 1. The molecule has 32 heavy (non-hydrogen) atoms. The summed E-state index contributed by atoms with van der Waals surface area (Å²) in [7, 11) is 0. The summed E-state index contributed by atoms with van der Waals surface area (Å²) >= 11 is 1.22. The molecular weight excluding hydrogens is 434 g/mol. The van der Waals surface area contributed by atoms with Gasteiger partial charge in [0.1, 0.15) is 5.75 Å². The highest BCUT2D eigenvalue weighted by molar-refractivity contribution is 7.99. The highest BCUT2D eigenvalue weighted by Gasteiger charge is 2.18. The monoisotopic (exact) mass is 455 g/mol. The van der Waals surface area contributed by atoms with Gasteiger partial charge in [-0.25, -0.2) is 0 Å². The second-order valence-electron chi connectivity index (χ2n) is 6.75. The fourth-order valence-electron chi connectivity index (χ4n) is 3.07. The van der Waals surface area contributed by atoms with Crippen molar-refractivity contribution in [1.29, 1.82) is 0 Å². The molecule has 0 bridgehead atoms. The van der Waals surface area contributed by atoms with Crippen molar-refractivity contribution in [3.8, 4) is 17.2 Å². The van der Waals surface area contributed by atoms with Crippen LogP contribution in [0.4, 0.5) is 5.69 Å². The molecular formula is C21H21N5O5S. The average molecular weight is 455 g/mol. The number of nitrogens with one attached hydrogen (secondary N) is 2. The Bertz CT molecular complexity index is 1150. The lowest BCUT2D eigenvalue weighted by atomic mass is 10.2. The number of anilines is 1. The highest BCUT2D eigenvalue weighted by atomic mass is 32.2. The van der Waals surface area contributed by atoms with E-state index in [0.29, 0.717) is 40.3 Å². The zero-order chi connectivity index (χ0) is 22.5. The molecule has 166 valence electrons. The van der Waals surface area contributed by atoms with Gasteiger partial charge in [0.2, 0.25) is 12.7 Å². The van der Waals surface area contributed by atoms with Crippen LogP contribution < -0.4 is 20.1 Å². The van der Waals surface area contributed by atoms with E-state index in [9.17, 15) is 14.7 Å². The Morgan fingerprint density at radius 2 is 1.97 bits per heavy atom. The number of para-hydroxylation sites is 2. The normalized spacial score (nSPS) is 11.9. The van der Waals surface area contributed by atoms with Gasteiger partial charge in [-0.05, 0) is 37.3 Å². The van der Waals surface area contributed by atoms with Crippen molar-refractivity contribution in [1.82, 2.24) is 20.1 Å². The average Bonchev–Trinajstić information content (AvgIpc) is 3.43. The largest absolute Gasteiger partial charge is 0.506 e. The number of ether oxygens (including phenoxy) is 2. The maximum absolute atomic E-state index is 12.5. The van der Waals surface area contributed by atoms with Gasteiger partial charge in [-0.15, -0.1) is 10.2 Å². The van der Waals surface area contributed by atoms with Crippen LogP contribution in [0.15, 0.2) is 47.6 Å². The molecule has 2 aromatic carbocycles. The van der Waals surface area contributed by atoms with E-state index in [1.165, 1.54) is 17.8 Å². The van der Waals surface area contributed by atoms with Crippen molar-refractivity contribution in [3.63, 3.8) is 0 Å². The fourth-order valence-corrected chi connectivity index (χ4v) is 3.89. The number of fused-ring (bicyclic) bond motifs is 1. The van der Waals surface area contributed by atoms with E-state index in [4.69, 9.17) is 9.47 Å². The summed E-state index contributed by atoms with van der Waals surface area (Å²) in [6.07, 6.45) is 0. The number of carbonyl (C=O) groups excluding carboxylic acids is 2. The molecule has 0 radical (unpaired) electrons. The molecule has 1 aliphatic rings. The molecule has 0 saturated carbocycles. The first kappa shape index (κ1) is 21.5. The molecule has 10 nitrogen and oxygen atoms in total. The van der Waals surface area contributed by atoms with E-state index in [0.717, 1.165) is 0 Å². The molecule has 0 spiro atoms. The Kier molecular flexibility index (Phi) is 6.45. The molecule has 11 heteroatoms. The minimum Gasteiger partial charge on any atom is -0.506 e. The number of carbonyl (C=O) groups is 2. The van der Waals surface area contributed by atoms with E-state index < -0.39 is 0 Å². The number of aromatic nitrogens is 3. The summed E-state index contributed by atoms with van der Waals surface area (Å²) in [4.78, 5) is 24.7. The molecule has 3 aromatic rings. The number of phenols is 1. The smallest absolute Gasteiger partial charge is 0.251 e. The van der Waals surface area contributed by atoms with E-state index in [2.05, 4.69) is 20.8 Å². The predicted molar refractivity (Wildman–Crippen MR) is 117 cm³/mol. The van der Waals surface area contributed by atoms with Gasteiger partial charge in [0.05, 0.1) is 18.0 Å². The lowest BCUT2D eigenvalue weighted by Gasteiger charge is -2.09. The van der Waals surface area contributed by atoms with Crippen LogP contribution in [0.25, 0.3) is 0 Å². The Morgan fingerprint density at radius 1 is 1.16 bits per heavy atom. The van der Waals surface area contributed by atoms with Crippen LogP contribution in [0.1, 0.15) is 23.1 Å². The summed E-state index contributed by atoms with van der Waals surface area (Å²) in [5, 5.41) is 24.1. The number of hydrogen-bond acceptors (Lipinski definition) is 8. The van der Waals surface area contributed by atoms with E-state index in [1.807, 2.05) is 11.5 Å². The third-order valence-corrected chi connectivity index (χ3v) is 5.63. The molecule has 0 saturated heterocycles. The number of phenolic OH excluding ortho intramolecular Hbond substituents is 1. The summed E-state index contributed by atoms with van der Waals surface area (Å²) in [6, 6.07) is 11.5. The number of thioether (sulfide) groups is 1. The van der Waals surface area contributed by atoms with Crippen molar-refractivity contribution < 1.29 is 24.2 Å².